The lowest BCUT2D eigenvalue weighted by Crippen LogP contribution is -2.00. The van der Waals surface area contributed by atoms with Crippen molar-refractivity contribution < 1.29 is 4.42 Å². The molecular weight excluding hydrogens is 603 g/mol. The summed E-state index contributed by atoms with van der Waals surface area (Å²) in [5.41, 5.74) is 9.63. The second-order valence-corrected chi connectivity index (χ2v) is 11.7. The van der Waals surface area contributed by atoms with Crippen LogP contribution < -0.4 is 0 Å². The van der Waals surface area contributed by atoms with Crippen LogP contribution in [0.15, 0.2) is 168 Å². The minimum atomic E-state index is 0.553. The SMILES string of the molecule is c1ccc(-c2ccc(-c3nc(-c4ccccc4)nc(-c4ccc5c(c4)oc4c(-c6ccccc6)nc(-c6ccccc6)nc45)n3)cc2)cc1. The molecule has 0 radical (unpaired) electrons. The molecule has 0 saturated carbocycles. The van der Waals surface area contributed by atoms with Crippen molar-refractivity contribution in [1.29, 1.82) is 0 Å². The minimum absolute atomic E-state index is 0.553. The van der Waals surface area contributed by atoms with E-state index in [2.05, 4.69) is 36.4 Å². The highest BCUT2D eigenvalue weighted by atomic mass is 16.3. The van der Waals surface area contributed by atoms with E-state index in [0.29, 0.717) is 34.5 Å². The summed E-state index contributed by atoms with van der Waals surface area (Å²) in [5.74, 6) is 2.39. The average Bonchev–Trinajstić information content (AvgIpc) is 3.57. The van der Waals surface area contributed by atoms with Crippen molar-refractivity contribution >= 4 is 22.1 Å². The summed E-state index contributed by atoms with van der Waals surface area (Å²) < 4.78 is 6.58. The number of benzene rings is 6. The Balaban J connectivity index is 1.19. The lowest BCUT2D eigenvalue weighted by Gasteiger charge is -2.09. The third-order valence-corrected chi connectivity index (χ3v) is 8.57. The van der Waals surface area contributed by atoms with E-state index in [1.807, 2.05) is 127 Å². The Kier molecular flexibility index (Phi) is 7.02. The predicted octanol–water partition coefficient (Wildman–Crippen LogP) is 10.6. The van der Waals surface area contributed by atoms with Crippen molar-refractivity contribution in [2.45, 2.75) is 0 Å². The van der Waals surface area contributed by atoms with Gasteiger partial charge in [0, 0.05) is 33.2 Å². The Morgan fingerprint density at radius 1 is 0.327 bits per heavy atom. The predicted molar refractivity (Wildman–Crippen MR) is 195 cm³/mol. The number of rotatable bonds is 6. The summed E-state index contributed by atoms with van der Waals surface area (Å²) in [7, 11) is 0. The molecule has 9 aromatic rings. The van der Waals surface area contributed by atoms with Crippen molar-refractivity contribution in [2.75, 3.05) is 0 Å². The van der Waals surface area contributed by atoms with Gasteiger partial charge in [-0.1, -0.05) is 152 Å². The number of fused-ring (bicyclic) bond motifs is 3. The summed E-state index contributed by atoms with van der Waals surface area (Å²) in [5, 5.41) is 0.893. The van der Waals surface area contributed by atoms with E-state index in [1.165, 1.54) is 0 Å². The molecule has 49 heavy (non-hydrogen) atoms. The van der Waals surface area contributed by atoms with E-state index in [0.717, 1.165) is 55.5 Å². The third kappa shape index (κ3) is 5.41. The van der Waals surface area contributed by atoms with Crippen LogP contribution in [0.3, 0.4) is 0 Å². The number of furan rings is 1. The smallest absolute Gasteiger partial charge is 0.180 e. The Hall–Kier alpha value is -6.79. The normalized spacial score (nSPS) is 11.3. The van der Waals surface area contributed by atoms with E-state index in [-0.39, 0.29) is 0 Å². The van der Waals surface area contributed by atoms with E-state index in [4.69, 9.17) is 29.3 Å². The van der Waals surface area contributed by atoms with Crippen LogP contribution in [-0.4, -0.2) is 24.9 Å². The molecule has 0 fully saturated rings. The maximum atomic E-state index is 6.58. The van der Waals surface area contributed by atoms with Crippen molar-refractivity contribution in [3.8, 4) is 67.9 Å². The van der Waals surface area contributed by atoms with Gasteiger partial charge >= 0.3 is 0 Å². The van der Waals surface area contributed by atoms with Gasteiger partial charge in [-0.15, -0.1) is 0 Å². The molecule has 0 unspecified atom stereocenters. The Morgan fingerprint density at radius 3 is 1.31 bits per heavy atom. The van der Waals surface area contributed by atoms with Crippen molar-refractivity contribution in [1.82, 2.24) is 24.9 Å². The lowest BCUT2D eigenvalue weighted by molar-refractivity contribution is 0.667. The van der Waals surface area contributed by atoms with Gasteiger partial charge in [0.15, 0.2) is 28.9 Å². The first kappa shape index (κ1) is 28.4. The molecule has 6 aromatic carbocycles. The van der Waals surface area contributed by atoms with Gasteiger partial charge in [0.2, 0.25) is 0 Å². The molecule has 0 amide bonds. The van der Waals surface area contributed by atoms with Gasteiger partial charge in [-0.3, -0.25) is 0 Å². The average molecular weight is 630 g/mol. The van der Waals surface area contributed by atoms with Crippen molar-refractivity contribution in [2.24, 2.45) is 0 Å². The minimum Gasteiger partial charge on any atom is -0.452 e. The van der Waals surface area contributed by atoms with Gasteiger partial charge in [0.1, 0.15) is 16.8 Å². The first-order chi connectivity index (χ1) is 24.3. The Labute approximate surface area is 282 Å². The fourth-order valence-corrected chi connectivity index (χ4v) is 6.08. The summed E-state index contributed by atoms with van der Waals surface area (Å²) in [6.07, 6.45) is 0. The van der Waals surface area contributed by atoms with E-state index in [9.17, 15) is 0 Å². The monoisotopic (exact) mass is 629 g/mol. The van der Waals surface area contributed by atoms with Crippen molar-refractivity contribution in [3.63, 3.8) is 0 Å². The van der Waals surface area contributed by atoms with Crippen LogP contribution in [-0.2, 0) is 0 Å². The zero-order valence-corrected chi connectivity index (χ0v) is 26.2. The van der Waals surface area contributed by atoms with Gasteiger partial charge < -0.3 is 4.42 Å². The number of hydrogen-bond donors (Lipinski definition) is 0. The third-order valence-electron chi connectivity index (χ3n) is 8.57. The lowest BCUT2D eigenvalue weighted by atomic mass is 10.0. The molecule has 0 saturated heterocycles. The van der Waals surface area contributed by atoms with E-state index in [1.54, 1.807) is 0 Å². The standard InChI is InChI=1S/C43H27N5O/c1-5-13-28(14-6-1)29-21-23-33(24-22-29)42-46-41(32-19-11-4-12-20-32)47-43(48-42)34-25-26-35-36(27-34)49-39-37(30-15-7-2-8-16-30)44-40(45-38(35)39)31-17-9-3-10-18-31/h1-27H. The molecular formula is C43H27N5O. The quantitative estimate of drug-likeness (QED) is 0.182. The molecule has 0 N–H and O–H groups in total. The second-order valence-electron chi connectivity index (χ2n) is 11.7. The van der Waals surface area contributed by atoms with E-state index < -0.39 is 0 Å². The zero-order valence-electron chi connectivity index (χ0n) is 26.2. The van der Waals surface area contributed by atoms with Crippen molar-refractivity contribution in [3.05, 3.63) is 164 Å². The fraction of sp³-hybridized carbons (Fsp3) is 0. The molecule has 0 spiro atoms. The highest BCUT2D eigenvalue weighted by Crippen LogP contribution is 2.37. The molecule has 6 heteroatoms. The summed E-state index contributed by atoms with van der Waals surface area (Å²) in [6.45, 7) is 0. The maximum Gasteiger partial charge on any atom is 0.180 e. The molecule has 230 valence electrons. The van der Waals surface area contributed by atoms with Crippen LogP contribution in [0.1, 0.15) is 0 Å². The molecule has 0 bridgehead atoms. The first-order valence-electron chi connectivity index (χ1n) is 16.1. The van der Waals surface area contributed by atoms with Crippen LogP contribution in [0.25, 0.3) is 90.0 Å². The van der Waals surface area contributed by atoms with Gasteiger partial charge in [-0.25, -0.2) is 24.9 Å². The van der Waals surface area contributed by atoms with Crippen LogP contribution in [0.5, 0.6) is 0 Å². The van der Waals surface area contributed by atoms with Gasteiger partial charge in [-0.2, -0.15) is 0 Å². The summed E-state index contributed by atoms with van der Waals surface area (Å²) >= 11 is 0. The molecule has 0 atom stereocenters. The van der Waals surface area contributed by atoms with Gasteiger partial charge in [0.05, 0.1) is 0 Å². The molecule has 9 rings (SSSR count). The molecule has 0 aliphatic rings. The van der Waals surface area contributed by atoms with E-state index >= 15 is 0 Å². The second kappa shape index (κ2) is 12.1. The Morgan fingerprint density at radius 2 is 0.735 bits per heavy atom. The highest BCUT2D eigenvalue weighted by molar-refractivity contribution is 6.07. The summed E-state index contributed by atoms with van der Waals surface area (Å²) in [6, 6.07) is 54.8. The molecule has 6 nitrogen and oxygen atoms in total. The zero-order chi connectivity index (χ0) is 32.6. The van der Waals surface area contributed by atoms with Gasteiger partial charge in [0.25, 0.3) is 0 Å². The number of hydrogen-bond acceptors (Lipinski definition) is 6. The largest absolute Gasteiger partial charge is 0.452 e. The fourth-order valence-electron chi connectivity index (χ4n) is 6.08. The van der Waals surface area contributed by atoms with Crippen LogP contribution >= 0.6 is 0 Å². The van der Waals surface area contributed by atoms with Crippen LogP contribution in [0.2, 0.25) is 0 Å². The molecule has 3 heterocycles. The maximum absolute atomic E-state index is 6.58. The molecule has 0 aliphatic carbocycles. The first-order valence-corrected chi connectivity index (χ1v) is 16.1. The van der Waals surface area contributed by atoms with Gasteiger partial charge in [-0.05, 0) is 23.3 Å². The molecule has 0 aliphatic heterocycles. The number of aromatic nitrogens is 5. The summed E-state index contributed by atoms with van der Waals surface area (Å²) in [4.78, 5) is 24.9. The Bertz CT molecular complexity index is 2570. The van der Waals surface area contributed by atoms with Crippen LogP contribution in [0, 0.1) is 0 Å². The topological polar surface area (TPSA) is 77.6 Å². The number of nitrogens with zero attached hydrogens (tertiary/aromatic N) is 5. The molecule has 3 aromatic heterocycles. The van der Waals surface area contributed by atoms with Crippen LogP contribution in [0.4, 0.5) is 0 Å². The highest BCUT2D eigenvalue weighted by Gasteiger charge is 2.20.